The van der Waals surface area contributed by atoms with E-state index in [1.807, 2.05) is 0 Å². The molecule has 10 amide bonds. The number of carboxylic acid groups (broad SMARTS) is 1. The minimum atomic E-state index is -1.47. The number of nitrogens with zero attached hydrogens (tertiary/aromatic N) is 2. The summed E-state index contributed by atoms with van der Waals surface area (Å²) >= 11 is 7.87. The number of H-pyrrole nitrogens is 2. The van der Waals surface area contributed by atoms with Gasteiger partial charge in [-0.25, -0.2) is 14.8 Å². The number of aliphatic carboxylic acids is 1. The fourth-order valence-electron chi connectivity index (χ4n) is 5.31. The van der Waals surface area contributed by atoms with E-state index in [0.717, 1.165) is 0 Å². The Morgan fingerprint density at radius 2 is 1.03 bits per heavy atom. The summed E-state index contributed by atoms with van der Waals surface area (Å²) in [7, 11) is 0. The van der Waals surface area contributed by atoms with Crippen LogP contribution in [-0.2, 0) is 65.6 Å². The number of nitrogens with one attached hydrogen (secondary N) is 10. The molecule has 29 heteroatoms. The first-order valence-corrected chi connectivity index (χ1v) is 20.6. The van der Waals surface area contributed by atoms with Gasteiger partial charge in [-0.15, -0.1) is 0 Å². The molecule has 0 aliphatic carbocycles. The Morgan fingerprint density at radius 3 is 1.47 bits per heavy atom. The van der Waals surface area contributed by atoms with Crippen LogP contribution in [0.2, 0.25) is 0 Å². The van der Waals surface area contributed by atoms with Gasteiger partial charge < -0.3 is 74.8 Å². The Kier molecular flexibility index (Phi) is 22.8. The average Bonchev–Trinajstić information content (AvgIpc) is 3.97. The van der Waals surface area contributed by atoms with Gasteiger partial charge in [0.25, 0.3) is 0 Å². The third-order valence-electron chi connectivity index (χ3n) is 8.82. The molecule has 0 saturated carbocycles. The largest absolute Gasteiger partial charge is 0.480 e. The highest BCUT2D eigenvalue weighted by atomic mass is 32.1. The van der Waals surface area contributed by atoms with E-state index in [0.29, 0.717) is 11.4 Å². The van der Waals surface area contributed by atoms with E-state index in [1.54, 1.807) is 0 Å². The number of imidazole rings is 2. The minimum Gasteiger partial charge on any atom is -0.480 e. The van der Waals surface area contributed by atoms with Gasteiger partial charge in [0.2, 0.25) is 59.1 Å². The number of aromatic amines is 2. The van der Waals surface area contributed by atoms with E-state index < -0.39 is 120 Å². The highest BCUT2D eigenvalue weighted by Crippen LogP contribution is 2.06. The second-order valence-corrected chi connectivity index (χ2v) is 14.7. The molecule has 7 atom stereocenters. The molecule has 352 valence electrons. The van der Waals surface area contributed by atoms with Gasteiger partial charge in [-0.2, -0.15) is 25.3 Å². The standard InChI is InChI=1S/C35H53N15O12S2/c1-16(45-31(57)20(2-4-25(37)51)47-34(60)23(7-18-9-40-15-44-18)49-30(56)19(36)12-63)29(55)42-10-27(53)41-11-28(54)46-22(6-17-8-39-14-43-17)33(59)48-21(3-5-26(38)52)32(58)50-24(13-64)35(61)62/h8-9,14-16,19-24,63-64H,2-7,10-13,36H2,1H3,(H2,37,51)(H2,38,52)(H,39,43)(H,40,44)(H,41,53)(H,42,55)(H,45,57)(H,46,54)(H,47,60)(H,48,59)(H,49,56)(H,50,58)(H,61,62)/t16-,19-,20-,21-,22-,23-,24-/m0/s1. The molecule has 2 aromatic heterocycles. The summed E-state index contributed by atoms with van der Waals surface area (Å²) in [5.41, 5.74) is 17.0. The number of thiol groups is 2. The number of nitrogens with two attached hydrogens (primary N) is 3. The summed E-state index contributed by atoms with van der Waals surface area (Å²) in [6, 6.07) is -9.41. The molecule has 0 aromatic carbocycles. The Hall–Kier alpha value is -6.75. The monoisotopic (exact) mass is 939 g/mol. The fourth-order valence-corrected chi connectivity index (χ4v) is 5.73. The zero-order valence-electron chi connectivity index (χ0n) is 34.4. The smallest absolute Gasteiger partial charge is 0.327 e. The first-order valence-electron chi connectivity index (χ1n) is 19.3. The van der Waals surface area contributed by atoms with Gasteiger partial charge in [-0.1, -0.05) is 0 Å². The number of aromatic nitrogens is 4. The number of carbonyl (C=O) groups excluding carboxylic acids is 10. The maximum absolute atomic E-state index is 13.4. The van der Waals surface area contributed by atoms with Crippen molar-refractivity contribution in [3.8, 4) is 0 Å². The predicted molar refractivity (Wildman–Crippen MR) is 228 cm³/mol. The Balaban J connectivity index is 2.03. The molecule has 0 unspecified atom stereocenters. The first-order chi connectivity index (χ1) is 30.2. The van der Waals surface area contributed by atoms with Crippen molar-refractivity contribution < 1.29 is 57.8 Å². The third kappa shape index (κ3) is 19.5. The fraction of sp³-hybridized carbons (Fsp3) is 0.514. The van der Waals surface area contributed by atoms with Crippen molar-refractivity contribution in [2.24, 2.45) is 17.2 Å². The lowest BCUT2D eigenvalue weighted by Crippen LogP contribution is -2.58. The van der Waals surface area contributed by atoms with Crippen molar-refractivity contribution in [2.75, 3.05) is 24.6 Å². The highest BCUT2D eigenvalue weighted by Gasteiger charge is 2.32. The molecule has 0 spiro atoms. The Morgan fingerprint density at radius 1 is 0.594 bits per heavy atom. The summed E-state index contributed by atoms with van der Waals surface area (Å²) in [4.78, 5) is 152. The van der Waals surface area contributed by atoms with Gasteiger partial charge in [0.15, 0.2) is 0 Å². The predicted octanol–water partition coefficient (Wildman–Crippen LogP) is -7.12. The molecule has 2 rings (SSSR count). The van der Waals surface area contributed by atoms with E-state index in [-0.39, 0.29) is 50.0 Å². The van der Waals surface area contributed by atoms with Crippen molar-refractivity contribution in [3.05, 3.63) is 36.4 Å². The summed E-state index contributed by atoms with van der Waals surface area (Å²) in [6.45, 7) is -0.162. The second-order valence-electron chi connectivity index (χ2n) is 14.0. The molecule has 0 aliphatic heterocycles. The second kappa shape index (κ2) is 27.3. The van der Waals surface area contributed by atoms with E-state index in [4.69, 9.17) is 17.2 Å². The lowest BCUT2D eigenvalue weighted by atomic mass is 10.1. The first kappa shape index (κ1) is 53.4. The van der Waals surface area contributed by atoms with Gasteiger partial charge in [-0.05, 0) is 19.8 Å². The van der Waals surface area contributed by atoms with Crippen LogP contribution in [0.4, 0.5) is 0 Å². The molecule has 0 radical (unpaired) electrons. The van der Waals surface area contributed by atoms with Crippen LogP contribution in [0.3, 0.4) is 0 Å². The molecule has 64 heavy (non-hydrogen) atoms. The zero-order valence-corrected chi connectivity index (χ0v) is 36.2. The van der Waals surface area contributed by atoms with Crippen LogP contribution in [0, 0.1) is 0 Å². The van der Waals surface area contributed by atoms with E-state index in [9.17, 15) is 57.8 Å². The number of hydrogen-bond donors (Lipinski definition) is 16. The zero-order chi connectivity index (χ0) is 47.9. The normalized spacial score (nSPS) is 14.1. The van der Waals surface area contributed by atoms with Gasteiger partial charge in [0, 0.05) is 61.0 Å². The van der Waals surface area contributed by atoms with Crippen molar-refractivity contribution in [1.29, 1.82) is 0 Å². The molecule has 27 nitrogen and oxygen atoms in total. The topological polar surface area (TPSA) is 440 Å². The Labute approximate surface area is 375 Å². The number of rotatable bonds is 29. The van der Waals surface area contributed by atoms with Crippen LogP contribution in [0.15, 0.2) is 25.0 Å². The Bertz CT molecular complexity index is 1950. The van der Waals surface area contributed by atoms with Crippen molar-refractivity contribution in [3.63, 3.8) is 0 Å². The number of carbonyl (C=O) groups is 11. The molecule has 17 N–H and O–H groups in total. The molecule has 0 saturated heterocycles. The third-order valence-corrected chi connectivity index (χ3v) is 9.58. The maximum Gasteiger partial charge on any atom is 0.327 e. The molecule has 0 aliphatic rings. The van der Waals surface area contributed by atoms with E-state index in [2.05, 4.69) is 87.7 Å². The van der Waals surface area contributed by atoms with Gasteiger partial charge in [0.1, 0.15) is 36.3 Å². The van der Waals surface area contributed by atoms with Crippen molar-refractivity contribution >= 4 is 90.3 Å². The molecular formula is C35H53N15O12S2. The van der Waals surface area contributed by atoms with Crippen molar-refractivity contribution in [2.45, 2.75) is 87.7 Å². The summed E-state index contributed by atoms with van der Waals surface area (Å²) < 4.78 is 0. The van der Waals surface area contributed by atoms with Crippen LogP contribution in [0.1, 0.15) is 44.0 Å². The molecule has 0 fully saturated rings. The van der Waals surface area contributed by atoms with Gasteiger partial charge in [-0.3, -0.25) is 47.9 Å². The van der Waals surface area contributed by atoms with Gasteiger partial charge >= 0.3 is 5.97 Å². The van der Waals surface area contributed by atoms with Crippen LogP contribution in [0.25, 0.3) is 0 Å². The van der Waals surface area contributed by atoms with E-state index >= 15 is 0 Å². The number of amides is 10. The molecule has 2 aromatic rings. The van der Waals surface area contributed by atoms with Crippen LogP contribution >= 0.6 is 25.3 Å². The highest BCUT2D eigenvalue weighted by molar-refractivity contribution is 7.80. The molecular weight excluding hydrogens is 887 g/mol. The van der Waals surface area contributed by atoms with E-state index in [1.165, 1.54) is 32.0 Å². The molecule has 2 heterocycles. The number of hydrogen-bond acceptors (Lipinski definition) is 16. The van der Waals surface area contributed by atoms with Crippen LogP contribution in [-0.4, -0.2) is 157 Å². The number of carboxylic acids is 1. The number of primary amides is 2. The summed E-state index contributed by atoms with van der Waals surface area (Å²) in [5, 5.41) is 28.1. The van der Waals surface area contributed by atoms with Crippen LogP contribution in [0.5, 0.6) is 0 Å². The maximum atomic E-state index is 13.4. The van der Waals surface area contributed by atoms with Gasteiger partial charge in [0.05, 0.1) is 31.8 Å². The minimum absolute atomic E-state index is 0.0379. The summed E-state index contributed by atoms with van der Waals surface area (Å²) in [5.74, 6) is -10.4. The lowest BCUT2D eigenvalue weighted by molar-refractivity contribution is -0.141. The molecule has 0 bridgehead atoms. The van der Waals surface area contributed by atoms with Crippen molar-refractivity contribution in [1.82, 2.24) is 62.5 Å². The lowest BCUT2D eigenvalue weighted by Gasteiger charge is -2.24. The average molecular weight is 940 g/mol. The van der Waals surface area contributed by atoms with Crippen LogP contribution < -0.4 is 59.7 Å². The quantitative estimate of drug-likeness (QED) is 0.0337. The summed E-state index contributed by atoms with van der Waals surface area (Å²) in [6.07, 6.45) is 3.75. The SMILES string of the molecule is C[C@H](NC(=O)[C@H](CCC(N)=O)NC(=O)[C@H](Cc1cnc[nH]1)NC(=O)[C@@H](N)CS)C(=O)NCC(=O)NCC(=O)N[C@@H](Cc1cnc[nH]1)C(=O)N[C@@H](CCC(N)=O)C(=O)N[C@@H](CS)C(=O)O.